The minimum absolute atomic E-state index is 0.210. The molecule has 0 aliphatic carbocycles. The second-order valence-corrected chi connectivity index (χ2v) is 8.08. The maximum absolute atomic E-state index is 14.0. The Balaban J connectivity index is 1.55. The van der Waals surface area contributed by atoms with Crippen molar-refractivity contribution < 1.29 is 13.5 Å². The molecule has 5 rings (SSSR count). The molecule has 2 aromatic carbocycles. The summed E-state index contributed by atoms with van der Waals surface area (Å²) in [6, 6.07) is 18.2. The van der Waals surface area contributed by atoms with Crippen molar-refractivity contribution in [1.29, 1.82) is 0 Å². The average molecular weight is 435 g/mol. The van der Waals surface area contributed by atoms with Crippen molar-refractivity contribution in [3.05, 3.63) is 94.0 Å². The number of nitrogens with zero attached hydrogens (tertiary/aromatic N) is 3. The molecule has 5 nitrogen and oxygen atoms in total. The van der Waals surface area contributed by atoms with Crippen molar-refractivity contribution >= 4 is 10.9 Å². The molecule has 0 saturated heterocycles. The topological polar surface area (TPSA) is 39.4 Å². The fraction of sp³-hybridized carbons (Fsp3) is 0.240. The van der Waals surface area contributed by atoms with Gasteiger partial charge in [-0.2, -0.15) is 8.78 Å². The number of alkyl halides is 2. The first-order valence-electron chi connectivity index (χ1n) is 10.5. The van der Waals surface area contributed by atoms with Gasteiger partial charge >= 0.3 is 6.55 Å². The van der Waals surface area contributed by atoms with E-state index in [4.69, 9.17) is 4.74 Å². The number of ether oxygens (including phenoxy) is 1. The molecule has 1 aliphatic heterocycles. The fourth-order valence-corrected chi connectivity index (χ4v) is 4.40. The van der Waals surface area contributed by atoms with Crippen LogP contribution in [-0.2, 0) is 19.6 Å². The summed E-state index contributed by atoms with van der Waals surface area (Å²) >= 11 is 0. The van der Waals surface area contributed by atoms with Crippen LogP contribution in [0.3, 0.4) is 0 Å². The van der Waals surface area contributed by atoms with E-state index in [0.717, 1.165) is 34.0 Å². The first kappa shape index (κ1) is 20.5. The Labute approximate surface area is 184 Å². The first-order valence-corrected chi connectivity index (χ1v) is 10.5. The molecule has 0 radical (unpaired) electrons. The number of pyridine rings is 1. The predicted octanol–water partition coefficient (Wildman–Crippen LogP) is 4.75. The van der Waals surface area contributed by atoms with Crippen LogP contribution in [0.2, 0.25) is 0 Å². The lowest BCUT2D eigenvalue weighted by Crippen LogP contribution is -2.27. The summed E-state index contributed by atoms with van der Waals surface area (Å²) in [4.78, 5) is 15.1. The summed E-state index contributed by atoms with van der Waals surface area (Å²) in [6.07, 6.45) is 2.35. The Morgan fingerprint density at radius 2 is 1.88 bits per heavy atom. The van der Waals surface area contributed by atoms with E-state index >= 15 is 0 Å². The molecule has 4 aromatic rings. The molecule has 0 unspecified atom stereocenters. The van der Waals surface area contributed by atoms with Crippen LogP contribution in [0.4, 0.5) is 8.78 Å². The van der Waals surface area contributed by atoms with Gasteiger partial charge in [0, 0.05) is 30.4 Å². The maximum Gasteiger partial charge on any atom is 0.319 e. The largest absolute Gasteiger partial charge is 0.483 e. The normalized spacial score (nSPS) is 14.1. The van der Waals surface area contributed by atoms with Crippen LogP contribution in [0.5, 0.6) is 5.75 Å². The standard InChI is InChI=1S/C25H23F2N3O2/c1-28-13-11-20-19-10-9-18(14-21(19)30(25(26)27)22(20)15-28)29-12-5-8-23(24(29)31)32-16-17-6-3-2-4-7-17/h2-10,12,14,25H,11,13,15-16H2,1H3. The van der Waals surface area contributed by atoms with Crippen molar-refractivity contribution in [3.8, 4) is 11.4 Å². The van der Waals surface area contributed by atoms with Crippen molar-refractivity contribution in [2.45, 2.75) is 26.1 Å². The van der Waals surface area contributed by atoms with E-state index in [1.807, 2.05) is 48.3 Å². The quantitative estimate of drug-likeness (QED) is 0.454. The molecule has 164 valence electrons. The molecule has 1 aliphatic rings. The molecule has 2 aromatic heterocycles. The molecule has 0 spiro atoms. The number of rotatable bonds is 5. The highest BCUT2D eigenvalue weighted by molar-refractivity contribution is 5.87. The van der Waals surface area contributed by atoms with Gasteiger partial charge in [-0.15, -0.1) is 0 Å². The summed E-state index contributed by atoms with van der Waals surface area (Å²) in [6.45, 7) is -1.07. The lowest BCUT2D eigenvalue weighted by molar-refractivity contribution is 0.0691. The van der Waals surface area contributed by atoms with Crippen LogP contribution in [0.25, 0.3) is 16.6 Å². The van der Waals surface area contributed by atoms with Gasteiger partial charge in [-0.1, -0.05) is 36.4 Å². The van der Waals surface area contributed by atoms with Crippen LogP contribution in [0, 0.1) is 0 Å². The van der Waals surface area contributed by atoms with Gasteiger partial charge in [0.15, 0.2) is 5.75 Å². The zero-order chi connectivity index (χ0) is 22.2. The van der Waals surface area contributed by atoms with Crippen LogP contribution < -0.4 is 10.3 Å². The highest BCUT2D eigenvalue weighted by Gasteiger charge is 2.26. The van der Waals surface area contributed by atoms with Gasteiger partial charge in [-0.05, 0) is 48.9 Å². The molecule has 32 heavy (non-hydrogen) atoms. The summed E-state index contributed by atoms with van der Waals surface area (Å²) in [5, 5.41) is 0.821. The van der Waals surface area contributed by atoms with Crippen LogP contribution in [-0.4, -0.2) is 27.6 Å². The highest BCUT2D eigenvalue weighted by atomic mass is 19.3. The lowest BCUT2D eigenvalue weighted by atomic mass is 10.0. The predicted molar refractivity (Wildman–Crippen MR) is 120 cm³/mol. The molecule has 0 saturated carbocycles. The Bertz CT molecular complexity index is 1330. The number of fused-ring (bicyclic) bond motifs is 3. The molecular weight excluding hydrogens is 412 g/mol. The van der Waals surface area contributed by atoms with E-state index in [1.54, 1.807) is 30.5 Å². The van der Waals surface area contributed by atoms with E-state index in [0.29, 0.717) is 23.4 Å². The Morgan fingerprint density at radius 1 is 1.06 bits per heavy atom. The zero-order valence-corrected chi connectivity index (χ0v) is 17.7. The molecule has 0 amide bonds. The third-order valence-corrected chi connectivity index (χ3v) is 5.99. The molecule has 7 heteroatoms. The third kappa shape index (κ3) is 3.58. The molecule has 0 fully saturated rings. The van der Waals surface area contributed by atoms with Gasteiger partial charge in [0.1, 0.15) is 6.61 Å². The van der Waals surface area contributed by atoms with Gasteiger partial charge in [-0.3, -0.25) is 13.9 Å². The second kappa shape index (κ2) is 8.24. The Hall–Kier alpha value is -3.45. The first-order chi connectivity index (χ1) is 15.5. The lowest BCUT2D eigenvalue weighted by Gasteiger charge is -2.24. The third-order valence-electron chi connectivity index (χ3n) is 5.99. The summed E-state index contributed by atoms with van der Waals surface area (Å²) in [5.74, 6) is 0.210. The minimum atomic E-state index is -2.65. The van der Waals surface area contributed by atoms with Gasteiger partial charge < -0.3 is 9.64 Å². The Kier molecular flexibility index (Phi) is 5.27. The maximum atomic E-state index is 14.0. The SMILES string of the molecule is CN1CCc2c(n(C(F)F)c3cc(-n4cccc(OCc5ccccc5)c4=O)ccc23)C1. The van der Waals surface area contributed by atoms with Gasteiger partial charge in [0.25, 0.3) is 5.56 Å². The molecule has 0 atom stereocenters. The van der Waals surface area contributed by atoms with E-state index < -0.39 is 6.55 Å². The fourth-order valence-electron chi connectivity index (χ4n) is 4.40. The number of halogens is 2. The second-order valence-electron chi connectivity index (χ2n) is 8.08. The van der Waals surface area contributed by atoms with E-state index in [9.17, 15) is 13.6 Å². The van der Waals surface area contributed by atoms with E-state index in [2.05, 4.69) is 0 Å². The highest BCUT2D eigenvalue weighted by Crippen LogP contribution is 2.35. The van der Waals surface area contributed by atoms with Gasteiger partial charge in [0.05, 0.1) is 11.2 Å². The van der Waals surface area contributed by atoms with Crippen LogP contribution in [0.15, 0.2) is 71.7 Å². The molecule has 3 heterocycles. The number of hydrogen-bond donors (Lipinski definition) is 0. The van der Waals surface area contributed by atoms with Crippen molar-refractivity contribution in [2.24, 2.45) is 0 Å². The molecule has 0 N–H and O–H groups in total. The number of benzene rings is 2. The summed E-state index contributed by atoms with van der Waals surface area (Å²) in [7, 11) is 1.93. The summed E-state index contributed by atoms with van der Waals surface area (Å²) < 4.78 is 36.4. The number of hydrogen-bond acceptors (Lipinski definition) is 3. The van der Waals surface area contributed by atoms with Crippen molar-refractivity contribution in [3.63, 3.8) is 0 Å². The summed E-state index contributed by atoms with van der Waals surface area (Å²) in [5.41, 5.74) is 3.21. The van der Waals surface area contributed by atoms with Crippen molar-refractivity contribution in [1.82, 2.24) is 14.0 Å². The van der Waals surface area contributed by atoms with Gasteiger partial charge in [0.2, 0.25) is 0 Å². The van der Waals surface area contributed by atoms with E-state index in [-0.39, 0.29) is 17.9 Å². The van der Waals surface area contributed by atoms with Crippen LogP contribution >= 0.6 is 0 Å². The number of likely N-dealkylation sites (N-methyl/N-ethyl adjacent to an activating group) is 1. The smallest absolute Gasteiger partial charge is 0.319 e. The Morgan fingerprint density at radius 3 is 2.66 bits per heavy atom. The molecular formula is C25H23F2N3O2. The monoisotopic (exact) mass is 435 g/mol. The minimum Gasteiger partial charge on any atom is -0.483 e. The average Bonchev–Trinajstić information content (AvgIpc) is 3.11. The zero-order valence-electron chi connectivity index (χ0n) is 17.7. The number of aromatic nitrogens is 2. The van der Waals surface area contributed by atoms with Crippen molar-refractivity contribution in [2.75, 3.05) is 13.6 Å². The van der Waals surface area contributed by atoms with Gasteiger partial charge in [-0.25, -0.2) is 0 Å². The van der Waals surface area contributed by atoms with Crippen LogP contribution in [0.1, 0.15) is 23.4 Å². The van der Waals surface area contributed by atoms with E-state index in [1.165, 1.54) is 4.57 Å². The molecule has 0 bridgehead atoms.